The number of carbonyl (C=O) groups is 1. The quantitative estimate of drug-likeness (QED) is 0.629. The zero-order valence-corrected chi connectivity index (χ0v) is 7.83. The molecule has 60 valence electrons. The molecule has 0 aromatic rings. The monoisotopic (exact) mass is 160 g/mol. The number of hydrogen-bond acceptors (Lipinski definition) is 2. The Bertz CT molecular complexity index is 99.4. The molecule has 0 saturated carbocycles. The molecule has 0 bridgehead atoms. The van der Waals surface area contributed by atoms with Crippen molar-refractivity contribution in [3.8, 4) is 0 Å². The van der Waals surface area contributed by atoms with Crippen molar-refractivity contribution >= 4 is 16.9 Å². The van der Waals surface area contributed by atoms with E-state index in [1.165, 1.54) is 11.8 Å². The Balaban J connectivity index is 3.22. The first-order chi connectivity index (χ1) is 4.66. The van der Waals surface area contributed by atoms with Crippen LogP contribution < -0.4 is 0 Å². The zero-order chi connectivity index (χ0) is 7.98. The second-order valence-electron chi connectivity index (χ2n) is 2.83. The molecule has 0 heterocycles. The summed E-state index contributed by atoms with van der Waals surface area (Å²) in [5.41, 5.74) is 0. The van der Waals surface area contributed by atoms with Crippen LogP contribution in [0.25, 0.3) is 0 Å². The summed E-state index contributed by atoms with van der Waals surface area (Å²) in [6, 6.07) is 0. The van der Waals surface area contributed by atoms with Gasteiger partial charge in [0.15, 0.2) is 5.12 Å². The third kappa shape index (κ3) is 6.14. The highest BCUT2D eigenvalue weighted by Crippen LogP contribution is 2.11. The number of thioether (sulfide) groups is 1. The molecule has 10 heavy (non-hydrogen) atoms. The van der Waals surface area contributed by atoms with E-state index in [9.17, 15) is 4.79 Å². The fraction of sp³-hybridized carbons (Fsp3) is 0.875. The highest BCUT2D eigenvalue weighted by Gasteiger charge is 2.01. The Morgan fingerprint density at radius 3 is 2.50 bits per heavy atom. The van der Waals surface area contributed by atoms with E-state index in [1.807, 2.05) is 6.92 Å². The van der Waals surface area contributed by atoms with Gasteiger partial charge in [0, 0.05) is 12.2 Å². The summed E-state index contributed by atoms with van der Waals surface area (Å²) in [6.07, 6.45) is 1.71. The van der Waals surface area contributed by atoms with Gasteiger partial charge in [-0.1, -0.05) is 32.5 Å². The molecule has 0 unspecified atom stereocenters. The van der Waals surface area contributed by atoms with E-state index in [0.29, 0.717) is 11.0 Å². The molecule has 0 aromatic carbocycles. The molecule has 0 spiro atoms. The van der Waals surface area contributed by atoms with E-state index >= 15 is 0 Å². The molecule has 0 aliphatic carbocycles. The number of rotatable bonds is 4. The van der Waals surface area contributed by atoms with Gasteiger partial charge in [0.05, 0.1) is 0 Å². The minimum Gasteiger partial charge on any atom is -0.287 e. The Labute approximate surface area is 67.6 Å². The van der Waals surface area contributed by atoms with Crippen molar-refractivity contribution in [2.75, 3.05) is 5.75 Å². The van der Waals surface area contributed by atoms with Crippen LogP contribution in [0.2, 0.25) is 0 Å². The molecule has 0 aliphatic heterocycles. The van der Waals surface area contributed by atoms with E-state index in [0.717, 1.165) is 18.6 Å². The van der Waals surface area contributed by atoms with Gasteiger partial charge in [-0.05, 0) is 12.3 Å². The van der Waals surface area contributed by atoms with Crippen molar-refractivity contribution in [2.45, 2.75) is 33.6 Å². The van der Waals surface area contributed by atoms with Crippen LogP contribution in [0, 0.1) is 5.92 Å². The molecule has 0 N–H and O–H groups in total. The Morgan fingerprint density at radius 1 is 1.50 bits per heavy atom. The highest BCUT2D eigenvalue weighted by molar-refractivity contribution is 8.13. The number of hydrogen-bond donors (Lipinski definition) is 0. The van der Waals surface area contributed by atoms with E-state index in [4.69, 9.17) is 0 Å². The summed E-state index contributed by atoms with van der Waals surface area (Å²) in [5.74, 6) is 1.60. The molecule has 0 radical (unpaired) electrons. The molecular weight excluding hydrogens is 144 g/mol. The third-order valence-corrected chi connectivity index (χ3v) is 2.39. The maximum atomic E-state index is 10.9. The highest BCUT2D eigenvalue weighted by atomic mass is 32.2. The van der Waals surface area contributed by atoms with Gasteiger partial charge in [-0.25, -0.2) is 0 Å². The summed E-state index contributed by atoms with van der Waals surface area (Å²) in [7, 11) is 0. The van der Waals surface area contributed by atoms with Gasteiger partial charge >= 0.3 is 0 Å². The van der Waals surface area contributed by atoms with Crippen molar-refractivity contribution in [2.24, 2.45) is 5.92 Å². The molecule has 0 fully saturated rings. The minimum absolute atomic E-state index is 0.344. The molecule has 0 aromatic heterocycles. The average molecular weight is 160 g/mol. The molecule has 0 rings (SSSR count). The molecule has 0 saturated heterocycles. The molecule has 1 nitrogen and oxygen atoms in total. The van der Waals surface area contributed by atoms with Gasteiger partial charge in [0.25, 0.3) is 0 Å². The van der Waals surface area contributed by atoms with Gasteiger partial charge in [-0.3, -0.25) is 4.79 Å². The summed E-state index contributed by atoms with van der Waals surface area (Å²) >= 11 is 1.47. The van der Waals surface area contributed by atoms with E-state index < -0.39 is 0 Å². The lowest BCUT2D eigenvalue weighted by Crippen LogP contribution is -1.97. The van der Waals surface area contributed by atoms with Crippen LogP contribution in [0.5, 0.6) is 0 Å². The first kappa shape index (κ1) is 10.0. The number of carbonyl (C=O) groups excluding carboxylic acids is 1. The Morgan fingerprint density at radius 2 is 2.10 bits per heavy atom. The average Bonchev–Trinajstić information content (AvgIpc) is 1.85. The SMILES string of the molecule is CCCC(=O)SCC(C)C. The summed E-state index contributed by atoms with van der Waals surface area (Å²) in [5, 5.41) is 0.344. The molecule has 0 atom stereocenters. The lowest BCUT2D eigenvalue weighted by atomic mass is 10.3. The predicted octanol–water partition coefficient (Wildman–Crippen LogP) is 2.70. The lowest BCUT2D eigenvalue weighted by Gasteiger charge is -2.01. The zero-order valence-electron chi connectivity index (χ0n) is 7.02. The molecule has 0 aliphatic rings. The van der Waals surface area contributed by atoms with Crippen LogP contribution in [-0.4, -0.2) is 10.9 Å². The largest absolute Gasteiger partial charge is 0.287 e. The van der Waals surface area contributed by atoms with Crippen LogP contribution in [0.1, 0.15) is 33.6 Å². The van der Waals surface area contributed by atoms with Gasteiger partial charge in [-0.15, -0.1) is 0 Å². The Kier molecular flexibility index (Phi) is 5.79. The van der Waals surface area contributed by atoms with E-state index in [1.54, 1.807) is 0 Å². The maximum Gasteiger partial charge on any atom is 0.188 e. The van der Waals surface area contributed by atoms with Crippen molar-refractivity contribution < 1.29 is 4.79 Å². The van der Waals surface area contributed by atoms with Crippen molar-refractivity contribution in [1.82, 2.24) is 0 Å². The van der Waals surface area contributed by atoms with Crippen molar-refractivity contribution in [1.29, 1.82) is 0 Å². The summed E-state index contributed by atoms with van der Waals surface area (Å²) in [6.45, 7) is 6.30. The summed E-state index contributed by atoms with van der Waals surface area (Å²) in [4.78, 5) is 10.9. The Hall–Kier alpha value is 0.0200. The van der Waals surface area contributed by atoms with Gasteiger partial charge < -0.3 is 0 Å². The van der Waals surface area contributed by atoms with E-state index in [2.05, 4.69) is 13.8 Å². The minimum atomic E-state index is 0.344. The van der Waals surface area contributed by atoms with Crippen molar-refractivity contribution in [3.05, 3.63) is 0 Å². The molecular formula is C8H16OS. The van der Waals surface area contributed by atoms with Gasteiger partial charge in [0.1, 0.15) is 0 Å². The molecule has 0 amide bonds. The van der Waals surface area contributed by atoms with Crippen LogP contribution in [0.4, 0.5) is 0 Å². The van der Waals surface area contributed by atoms with E-state index in [-0.39, 0.29) is 0 Å². The normalized spacial score (nSPS) is 10.4. The second-order valence-corrected chi connectivity index (χ2v) is 3.90. The van der Waals surface area contributed by atoms with Crippen LogP contribution in [0.3, 0.4) is 0 Å². The van der Waals surface area contributed by atoms with Crippen LogP contribution in [-0.2, 0) is 4.79 Å². The van der Waals surface area contributed by atoms with Crippen molar-refractivity contribution in [3.63, 3.8) is 0 Å². The lowest BCUT2D eigenvalue weighted by molar-refractivity contribution is -0.111. The first-order valence-corrected chi connectivity index (χ1v) is 4.81. The standard InChI is InChI=1S/C8H16OS/c1-4-5-8(9)10-6-7(2)3/h7H,4-6H2,1-3H3. The maximum absolute atomic E-state index is 10.9. The third-order valence-electron chi connectivity index (χ3n) is 1.03. The first-order valence-electron chi connectivity index (χ1n) is 3.82. The smallest absolute Gasteiger partial charge is 0.188 e. The molecule has 2 heteroatoms. The van der Waals surface area contributed by atoms with Crippen LogP contribution in [0.15, 0.2) is 0 Å². The topological polar surface area (TPSA) is 17.1 Å². The van der Waals surface area contributed by atoms with Gasteiger partial charge in [0.2, 0.25) is 0 Å². The predicted molar refractivity (Wildman–Crippen MR) is 47.2 cm³/mol. The van der Waals surface area contributed by atoms with Gasteiger partial charge in [-0.2, -0.15) is 0 Å². The fourth-order valence-electron chi connectivity index (χ4n) is 0.536. The second kappa shape index (κ2) is 5.78. The summed E-state index contributed by atoms with van der Waals surface area (Å²) < 4.78 is 0. The fourth-order valence-corrected chi connectivity index (χ4v) is 1.40. The van der Waals surface area contributed by atoms with Crippen LogP contribution >= 0.6 is 11.8 Å².